The van der Waals surface area contributed by atoms with Crippen molar-refractivity contribution >= 4 is 11.9 Å². The average molecular weight is 306 g/mol. The molecule has 2 rings (SSSR count). The standard InChI is InChI=1S/C16H22N2O4/c1-3-22-12-8-11(9-12)6-7-17-15(19)14-5-4-13(16(20)21)10(2)18-14/h4-5,11-12H,3,6-9H2,1-2H3,(H,17,19)(H,20,21). The Morgan fingerprint density at radius 1 is 1.41 bits per heavy atom. The summed E-state index contributed by atoms with van der Waals surface area (Å²) in [6.07, 6.45) is 3.45. The van der Waals surface area contributed by atoms with Gasteiger partial charge in [0.2, 0.25) is 0 Å². The monoisotopic (exact) mass is 306 g/mol. The lowest BCUT2D eigenvalue weighted by atomic mass is 9.80. The molecule has 0 unspecified atom stereocenters. The van der Waals surface area contributed by atoms with E-state index in [1.54, 1.807) is 6.92 Å². The molecule has 1 aromatic heterocycles. The van der Waals surface area contributed by atoms with E-state index < -0.39 is 5.97 Å². The lowest BCUT2D eigenvalue weighted by Gasteiger charge is -2.34. The van der Waals surface area contributed by atoms with E-state index in [9.17, 15) is 9.59 Å². The van der Waals surface area contributed by atoms with Crippen molar-refractivity contribution in [1.29, 1.82) is 0 Å². The molecule has 0 atom stereocenters. The number of aromatic carboxylic acids is 1. The number of amides is 1. The molecule has 0 bridgehead atoms. The van der Waals surface area contributed by atoms with Crippen molar-refractivity contribution < 1.29 is 19.4 Å². The summed E-state index contributed by atoms with van der Waals surface area (Å²) in [6, 6.07) is 2.86. The molecule has 1 aliphatic carbocycles. The van der Waals surface area contributed by atoms with E-state index in [2.05, 4.69) is 10.3 Å². The highest BCUT2D eigenvalue weighted by Crippen LogP contribution is 2.32. The van der Waals surface area contributed by atoms with Crippen molar-refractivity contribution in [2.24, 2.45) is 5.92 Å². The van der Waals surface area contributed by atoms with Crippen LogP contribution >= 0.6 is 0 Å². The van der Waals surface area contributed by atoms with Gasteiger partial charge in [0.15, 0.2) is 0 Å². The number of rotatable bonds is 7. The summed E-state index contributed by atoms with van der Waals surface area (Å²) >= 11 is 0. The van der Waals surface area contributed by atoms with E-state index in [-0.39, 0.29) is 17.2 Å². The molecule has 0 saturated heterocycles. The van der Waals surface area contributed by atoms with Crippen molar-refractivity contribution in [2.75, 3.05) is 13.2 Å². The van der Waals surface area contributed by atoms with Crippen LogP contribution in [0.5, 0.6) is 0 Å². The van der Waals surface area contributed by atoms with Crippen LogP contribution in [-0.4, -0.2) is 41.2 Å². The predicted octanol–water partition coefficient (Wildman–Crippen LogP) is 2.02. The molecule has 0 spiro atoms. The Morgan fingerprint density at radius 2 is 2.14 bits per heavy atom. The summed E-state index contributed by atoms with van der Waals surface area (Å²) in [6.45, 7) is 4.94. The molecule has 22 heavy (non-hydrogen) atoms. The van der Waals surface area contributed by atoms with Gasteiger partial charge in [-0.15, -0.1) is 0 Å². The van der Waals surface area contributed by atoms with Gasteiger partial charge in [-0.05, 0) is 51.2 Å². The molecule has 0 radical (unpaired) electrons. The molecule has 0 aromatic carbocycles. The topological polar surface area (TPSA) is 88.5 Å². The Bertz CT molecular complexity index is 553. The summed E-state index contributed by atoms with van der Waals surface area (Å²) in [7, 11) is 0. The van der Waals surface area contributed by atoms with Crippen LogP contribution in [0.25, 0.3) is 0 Å². The second kappa shape index (κ2) is 7.35. The maximum atomic E-state index is 12.0. The minimum Gasteiger partial charge on any atom is -0.478 e. The number of aromatic nitrogens is 1. The first-order valence-corrected chi connectivity index (χ1v) is 7.62. The van der Waals surface area contributed by atoms with Gasteiger partial charge in [-0.2, -0.15) is 0 Å². The molecule has 1 fully saturated rings. The summed E-state index contributed by atoms with van der Waals surface area (Å²) in [4.78, 5) is 26.9. The Balaban J connectivity index is 1.76. The van der Waals surface area contributed by atoms with Gasteiger partial charge in [-0.1, -0.05) is 0 Å². The van der Waals surface area contributed by atoms with Crippen molar-refractivity contribution in [2.45, 2.75) is 39.2 Å². The third kappa shape index (κ3) is 4.04. The van der Waals surface area contributed by atoms with E-state index in [0.717, 1.165) is 25.9 Å². The van der Waals surface area contributed by atoms with Crippen LogP contribution in [-0.2, 0) is 4.74 Å². The number of ether oxygens (including phenoxy) is 1. The highest BCUT2D eigenvalue weighted by molar-refractivity contribution is 5.94. The van der Waals surface area contributed by atoms with E-state index >= 15 is 0 Å². The Kier molecular flexibility index (Phi) is 5.49. The van der Waals surface area contributed by atoms with Crippen LogP contribution in [0.15, 0.2) is 12.1 Å². The van der Waals surface area contributed by atoms with Gasteiger partial charge < -0.3 is 15.2 Å². The number of carbonyl (C=O) groups is 2. The van der Waals surface area contributed by atoms with Crippen LogP contribution in [0.3, 0.4) is 0 Å². The molecule has 6 nitrogen and oxygen atoms in total. The fourth-order valence-corrected chi connectivity index (χ4v) is 2.68. The van der Waals surface area contributed by atoms with Crippen molar-refractivity contribution in [3.05, 3.63) is 29.1 Å². The highest BCUT2D eigenvalue weighted by atomic mass is 16.5. The minimum atomic E-state index is -1.04. The molecule has 1 aliphatic rings. The Labute approximate surface area is 129 Å². The number of carboxylic acid groups (broad SMARTS) is 1. The number of carbonyl (C=O) groups excluding carboxylic acids is 1. The number of aryl methyl sites for hydroxylation is 1. The zero-order chi connectivity index (χ0) is 16.1. The number of nitrogens with zero attached hydrogens (tertiary/aromatic N) is 1. The first kappa shape index (κ1) is 16.4. The normalized spacial score (nSPS) is 20.3. The van der Waals surface area contributed by atoms with Crippen LogP contribution < -0.4 is 5.32 Å². The molecule has 1 saturated carbocycles. The quantitative estimate of drug-likeness (QED) is 0.804. The molecule has 1 amide bonds. The average Bonchev–Trinajstić information content (AvgIpc) is 2.43. The van der Waals surface area contributed by atoms with Crippen LogP contribution in [0, 0.1) is 12.8 Å². The zero-order valence-electron chi connectivity index (χ0n) is 13.0. The summed E-state index contributed by atoms with van der Waals surface area (Å²) in [5.74, 6) is -0.688. The zero-order valence-corrected chi connectivity index (χ0v) is 13.0. The SMILES string of the molecule is CCOC1CC(CCNC(=O)c2ccc(C(=O)O)c(C)n2)C1. The number of hydrogen-bond acceptors (Lipinski definition) is 4. The van der Waals surface area contributed by atoms with E-state index in [0.29, 0.717) is 24.3 Å². The lowest BCUT2D eigenvalue weighted by Crippen LogP contribution is -2.34. The summed E-state index contributed by atoms with van der Waals surface area (Å²) in [5.41, 5.74) is 0.718. The molecule has 1 aromatic rings. The molecule has 1 heterocycles. The lowest BCUT2D eigenvalue weighted by molar-refractivity contribution is -0.0261. The number of hydrogen-bond donors (Lipinski definition) is 2. The largest absolute Gasteiger partial charge is 0.478 e. The number of pyridine rings is 1. The van der Waals surface area contributed by atoms with Crippen molar-refractivity contribution in [1.82, 2.24) is 10.3 Å². The Morgan fingerprint density at radius 3 is 2.73 bits per heavy atom. The Hall–Kier alpha value is -1.95. The molecule has 120 valence electrons. The van der Waals surface area contributed by atoms with Crippen molar-refractivity contribution in [3.63, 3.8) is 0 Å². The van der Waals surface area contributed by atoms with Gasteiger partial charge in [-0.3, -0.25) is 4.79 Å². The maximum Gasteiger partial charge on any atom is 0.337 e. The van der Waals surface area contributed by atoms with Gasteiger partial charge in [0, 0.05) is 13.2 Å². The smallest absolute Gasteiger partial charge is 0.337 e. The number of carboxylic acids is 1. The first-order valence-electron chi connectivity index (χ1n) is 7.62. The van der Waals surface area contributed by atoms with E-state index in [4.69, 9.17) is 9.84 Å². The van der Waals surface area contributed by atoms with Gasteiger partial charge in [0.25, 0.3) is 5.91 Å². The number of nitrogens with one attached hydrogen (secondary N) is 1. The highest BCUT2D eigenvalue weighted by Gasteiger charge is 2.28. The molecular weight excluding hydrogens is 284 g/mol. The fraction of sp³-hybridized carbons (Fsp3) is 0.562. The molecule has 0 aliphatic heterocycles. The van der Waals surface area contributed by atoms with Crippen LogP contribution in [0.1, 0.15) is 52.7 Å². The molecule has 6 heteroatoms. The maximum absolute atomic E-state index is 12.0. The fourth-order valence-electron chi connectivity index (χ4n) is 2.68. The summed E-state index contributed by atoms with van der Waals surface area (Å²) < 4.78 is 5.50. The van der Waals surface area contributed by atoms with Gasteiger partial charge in [-0.25, -0.2) is 9.78 Å². The minimum absolute atomic E-state index is 0.119. The van der Waals surface area contributed by atoms with Gasteiger partial charge in [0.05, 0.1) is 17.4 Å². The van der Waals surface area contributed by atoms with Gasteiger partial charge >= 0.3 is 5.97 Å². The third-order valence-electron chi connectivity index (χ3n) is 3.98. The van der Waals surface area contributed by atoms with Crippen molar-refractivity contribution in [3.8, 4) is 0 Å². The van der Waals surface area contributed by atoms with E-state index in [1.165, 1.54) is 12.1 Å². The molecular formula is C16H22N2O4. The van der Waals surface area contributed by atoms with E-state index in [1.807, 2.05) is 6.92 Å². The summed E-state index contributed by atoms with van der Waals surface area (Å²) in [5, 5.41) is 11.8. The van der Waals surface area contributed by atoms with Crippen LogP contribution in [0.2, 0.25) is 0 Å². The van der Waals surface area contributed by atoms with Crippen LogP contribution in [0.4, 0.5) is 0 Å². The second-order valence-corrected chi connectivity index (χ2v) is 5.59. The van der Waals surface area contributed by atoms with Gasteiger partial charge in [0.1, 0.15) is 5.69 Å². The second-order valence-electron chi connectivity index (χ2n) is 5.59. The predicted molar refractivity (Wildman–Crippen MR) is 81.0 cm³/mol. The first-order chi connectivity index (χ1) is 10.5. The molecule has 2 N–H and O–H groups in total. The third-order valence-corrected chi connectivity index (χ3v) is 3.98.